The lowest BCUT2D eigenvalue weighted by molar-refractivity contribution is -0.170. The molecule has 1 aromatic rings. The SMILES string of the molecule is CCCCOC(=O)N(OC(=O)CCCc1ccccc1)C(=N)N(C)C(C)C(=O)O. The first-order valence-electron chi connectivity index (χ1n) is 9.53. The van der Waals surface area contributed by atoms with Crippen LogP contribution in [0.2, 0.25) is 0 Å². The predicted octanol–water partition coefficient (Wildman–Crippen LogP) is 3.05. The van der Waals surface area contributed by atoms with E-state index in [4.69, 9.17) is 20.1 Å². The molecule has 0 aromatic heterocycles. The molecule has 0 saturated heterocycles. The average molecular weight is 407 g/mol. The Labute approximate surface area is 170 Å². The van der Waals surface area contributed by atoms with Crippen molar-refractivity contribution in [2.75, 3.05) is 13.7 Å². The van der Waals surface area contributed by atoms with Gasteiger partial charge >= 0.3 is 18.0 Å². The fourth-order valence-electron chi connectivity index (χ4n) is 2.25. The van der Waals surface area contributed by atoms with Gasteiger partial charge in [0.25, 0.3) is 0 Å². The maximum absolute atomic E-state index is 12.3. The highest BCUT2D eigenvalue weighted by atomic mass is 16.8. The van der Waals surface area contributed by atoms with Gasteiger partial charge in [0.05, 0.1) is 6.61 Å². The second kappa shape index (κ2) is 12.4. The van der Waals surface area contributed by atoms with E-state index in [0.29, 0.717) is 24.3 Å². The molecule has 9 heteroatoms. The lowest BCUT2D eigenvalue weighted by Crippen LogP contribution is -2.51. The standard InChI is InChI=1S/C20H29N3O6/c1-4-5-14-28-20(27)23(19(21)22(3)15(2)18(25)26)29-17(24)13-9-12-16-10-7-6-8-11-16/h6-8,10-11,15,21H,4-5,9,12-14H2,1-3H3,(H,25,26). The molecule has 29 heavy (non-hydrogen) atoms. The molecule has 1 rings (SSSR count). The summed E-state index contributed by atoms with van der Waals surface area (Å²) < 4.78 is 5.03. The van der Waals surface area contributed by atoms with Gasteiger partial charge in [0.15, 0.2) is 0 Å². The maximum Gasteiger partial charge on any atom is 0.451 e. The number of guanidine groups is 1. The van der Waals surface area contributed by atoms with E-state index in [-0.39, 0.29) is 13.0 Å². The number of carboxylic acids is 1. The number of carbonyl (C=O) groups is 3. The highest BCUT2D eigenvalue weighted by Crippen LogP contribution is 2.10. The predicted molar refractivity (Wildman–Crippen MR) is 106 cm³/mol. The van der Waals surface area contributed by atoms with E-state index in [1.807, 2.05) is 37.3 Å². The van der Waals surface area contributed by atoms with Gasteiger partial charge in [-0.25, -0.2) is 14.4 Å². The Balaban J connectivity index is 2.73. The van der Waals surface area contributed by atoms with E-state index in [1.54, 1.807) is 0 Å². The molecule has 0 bridgehead atoms. The molecule has 1 amide bonds. The van der Waals surface area contributed by atoms with E-state index in [2.05, 4.69) is 0 Å². The molecule has 0 aliphatic carbocycles. The van der Waals surface area contributed by atoms with Gasteiger partial charge in [0.2, 0.25) is 5.96 Å². The fraction of sp³-hybridized carbons (Fsp3) is 0.500. The van der Waals surface area contributed by atoms with Gasteiger partial charge in [-0.2, -0.15) is 0 Å². The summed E-state index contributed by atoms with van der Waals surface area (Å²) in [5.41, 5.74) is 1.07. The van der Waals surface area contributed by atoms with Crippen molar-refractivity contribution in [3.63, 3.8) is 0 Å². The quantitative estimate of drug-likeness (QED) is 0.279. The van der Waals surface area contributed by atoms with Crippen LogP contribution < -0.4 is 0 Å². The number of hydroxylamine groups is 2. The molecular formula is C20H29N3O6. The lowest BCUT2D eigenvalue weighted by atomic mass is 10.1. The summed E-state index contributed by atoms with van der Waals surface area (Å²) in [7, 11) is 1.32. The molecule has 0 saturated carbocycles. The molecule has 1 atom stereocenters. The number of nitrogens with one attached hydrogen (secondary N) is 1. The van der Waals surface area contributed by atoms with Gasteiger partial charge in [0.1, 0.15) is 6.04 Å². The Hall–Kier alpha value is -3.10. The van der Waals surface area contributed by atoms with Crippen molar-refractivity contribution in [1.82, 2.24) is 9.96 Å². The molecule has 2 N–H and O–H groups in total. The summed E-state index contributed by atoms with van der Waals surface area (Å²) in [6.07, 6.45) is 1.54. The van der Waals surface area contributed by atoms with Crippen molar-refractivity contribution in [3.8, 4) is 0 Å². The molecule has 0 radical (unpaired) electrons. The number of aryl methyl sites for hydroxylation is 1. The minimum atomic E-state index is -1.19. The van der Waals surface area contributed by atoms with Crippen LogP contribution in [0, 0.1) is 5.41 Å². The van der Waals surface area contributed by atoms with E-state index in [9.17, 15) is 14.4 Å². The third kappa shape index (κ3) is 8.20. The lowest BCUT2D eigenvalue weighted by Gasteiger charge is -2.29. The summed E-state index contributed by atoms with van der Waals surface area (Å²) in [5.74, 6) is -2.50. The Morgan fingerprint density at radius 3 is 2.41 bits per heavy atom. The van der Waals surface area contributed by atoms with Crippen molar-refractivity contribution in [2.45, 2.75) is 52.0 Å². The Morgan fingerprint density at radius 2 is 1.83 bits per heavy atom. The molecule has 160 valence electrons. The van der Waals surface area contributed by atoms with Gasteiger partial charge in [-0.05, 0) is 31.7 Å². The van der Waals surface area contributed by atoms with Crippen molar-refractivity contribution < 1.29 is 29.1 Å². The zero-order valence-corrected chi connectivity index (χ0v) is 17.1. The minimum Gasteiger partial charge on any atom is -0.480 e. The molecule has 0 aliphatic heterocycles. The van der Waals surface area contributed by atoms with E-state index < -0.39 is 30.0 Å². The molecule has 0 aliphatic rings. The highest BCUT2D eigenvalue weighted by molar-refractivity contribution is 5.94. The third-order valence-corrected chi connectivity index (χ3v) is 4.24. The number of likely N-dealkylation sites (N-methyl/N-ethyl adjacent to an activating group) is 1. The number of ether oxygens (including phenoxy) is 1. The first kappa shape index (κ1) is 23.9. The number of aliphatic carboxylic acids is 1. The van der Waals surface area contributed by atoms with Crippen LogP contribution in [0.5, 0.6) is 0 Å². The second-order valence-corrected chi connectivity index (χ2v) is 6.51. The van der Waals surface area contributed by atoms with Crippen LogP contribution in [0.3, 0.4) is 0 Å². The molecule has 1 aromatic carbocycles. The Bertz CT molecular complexity index is 695. The van der Waals surface area contributed by atoms with Crippen LogP contribution in [-0.2, 0) is 25.6 Å². The summed E-state index contributed by atoms with van der Waals surface area (Å²) in [6.45, 7) is 3.37. The van der Waals surface area contributed by atoms with Crippen LogP contribution in [0.15, 0.2) is 30.3 Å². The maximum atomic E-state index is 12.3. The van der Waals surface area contributed by atoms with E-state index in [1.165, 1.54) is 14.0 Å². The first-order chi connectivity index (χ1) is 13.8. The van der Waals surface area contributed by atoms with Gasteiger partial charge in [-0.3, -0.25) is 5.41 Å². The van der Waals surface area contributed by atoms with Crippen LogP contribution in [-0.4, -0.2) is 58.8 Å². The highest BCUT2D eigenvalue weighted by Gasteiger charge is 2.31. The number of carboxylic acid groups (broad SMARTS) is 1. The Morgan fingerprint density at radius 1 is 1.17 bits per heavy atom. The summed E-state index contributed by atoms with van der Waals surface area (Å²) in [6, 6.07) is 8.50. The number of rotatable bonds is 9. The summed E-state index contributed by atoms with van der Waals surface area (Å²) in [5, 5.41) is 17.6. The molecular weight excluding hydrogens is 378 g/mol. The first-order valence-corrected chi connectivity index (χ1v) is 9.53. The van der Waals surface area contributed by atoms with Crippen molar-refractivity contribution in [2.24, 2.45) is 0 Å². The number of nitrogens with zero attached hydrogens (tertiary/aromatic N) is 2. The summed E-state index contributed by atoms with van der Waals surface area (Å²) >= 11 is 0. The average Bonchev–Trinajstić information content (AvgIpc) is 2.71. The number of hydrogen-bond acceptors (Lipinski definition) is 6. The number of hydrogen-bond donors (Lipinski definition) is 2. The van der Waals surface area contributed by atoms with Crippen LogP contribution >= 0.6 is 0 Å². The third-order valence-electron chi connectivity index (χ3n) is 4.24. The largest absolute Gasteiger partial charge is 0.480 e. The smallest absolute Gasteiger partial charge is 0.451 e. The molecule has 0 fully saturated rings. The van der Waals surface area contributed by atoms with Crippen molar-refractivity contribution >= 4 is 24.0 Å². The normalized spacial score (nSPS) is 11.3. The van der Waals surface area contributed by atoms with Crippen LogP contribution in [0.1, 0.15) is 45.1 Å². The Kier molecular flexibility index (Phi) is 10.2. The number of unbranched alkanes of at least 4 members (excludes halogenated alkanes) is 1. The number of carbonyl (C=O) groups excluding carboxylic acids is 2. The van der Waals surface area contributed by atoms with Gasteiger partial charge in [-0.1, -0.05) is 48.7 Å². The molecule has 1 unspecified atom stereocenters. The minimum absolute atomic E-state index is 0.0269. The zero-order chi connectivity index (χ0) is 21.8. The van der Waals surface area contributed by atoms with E-state index >= 15 is 0 Å². The van der Waals surface area contributed by atoms with Crippen molar-refractivity contribution in [1.29, 1.82) is 5.41 Å². The molecule has 0 spiro atoms. The monoisotopic (exact) mass is 407 g/mol. The van der Waals surface area contributed by atoms with Gasteiger partial charge in [-0.15, -0.1) is 0 Å². The number of benzene rings is 1. The topological polar surface area (TPSA) is 120 Å². The molecule has 9 nitrogen and oxygen atoms in total. The molecule has 0 heterocycles. The fourth-order valence-corrected chi connectivity index (χ4v) is 2.25. The van der Waals surface area contributed by atoms with E-state index in [0.717, 1.165) is 16.9 Å². The zero-order valence-electron chi connectivity index (χ0n) is 17.1. The van der Waals surface area contributed by atoms with Crippen LogP contribution in [0.4, 0.5) is 4.79 Å². The summed E-state index contributed by atoms with van der Waals surface area (Å²) in [4.78, 5) is 41.7. The van der Waals surface area contributed by atoms with Crippen LogP contribution in [0.25, 0.3) is 0 Å². The van der Waals surface area contributed by atoms with Gasteiger partial charge in [0, 0.05) is 13.5 Å². The second-order valence-electron chi connectivity index (χ2n) is 6.51. The number of amides is 1. The van der Waals surface area contributed by atoms with Crippen molar-refractivity contribution in [3.05, 3.63) is 35.9 Å². The van der Waals surface area contributed by atoms with Gasteiger partial charge < -0.3 is 19.6 Å².